The number of benzene rings is 2. The van der Waals surface area contributed by atoms with E-state index in [2.05, 4.69) is 16.0 Å². The van der Waals surface area contributed by atoms with Crippen LogP contribution in [0.4, 0.5) is 15.3 Å². The molecule has 4 amide bonds. The molecule has 1 aliphatic rings. The highest BCUT2D eigenvalue weighted by molar-refractivity contribution is 6.02. The standard InChI is InChI=1S/C25H30N6O6/c1-2-36-23(33)20(30-25(35)37-15-16-6-4-3-5-7-16)14-28-24(34)29-19-12-13-31(22(19)32)18-10-8-17(9-11-18)21(26)27/h3-11,19-20H,2,12-15H2,1H3,(H3,26,27)(H,30,35)(H2,28,29,34). The third-order valence-corrected chi connectivity index (χ3v) is 5.54. The number of carbonyl (C=O) groups is 4. The van der Waals surface area contributed by atoms with Crippen LogP contribution in [0, 0.1) is 5.41 Å². The zero-order valence-corrected chi connectivity index (χ0v) is 20.4. The van der Waals surface area contributed by atoms with Crippen LogP contribution in [0.3, 0.4) is 0 Å². The topological polar surface area (TPSA) is 176 Å². The van der Waals surface area contributed by atoms with Crippen molar-refractivity contribution in [3.63, 3.8) is 0 Å². The van der Waals surface area contributed by atoms with Crippen LogP contribution in [-0.2, 0) is 25.7 Å². The fourth-order valence-electron chi connectivity index (χ4n) is 3.64. The van der Waals surface area contributed by atoms with Gasteiger partial charge in [0.15, 0.2) is 0 Å². The summed E-state index contributed by atoms with van der Waals surface area (Å²) in [5.74, 6) is -1.11. The first-order valence-corrected chi connectivity index (χ1v) is 11.7. The van der Waals surface area contributed by atoms with Crippen LogP contribution in [0.25, 0.3) is 0 Å². The molecule has 3 rings (SSSR count). The summed E-state index contributed by atoms with van der Waals surface area (Å²) in [6.07, 6.45) is -0.465. The molecule has 1 heterocycles. The Kier molecular flexibility index (Phi) is 9.41. The van der Waals surface area contributed by atoms with Gasteiger partial charge in [0, 0.05) is 17.8 Å². The number of carbonyl (C=O) groups excluding carboxylic acids is 4. The van der Waals surface area contributed by atoms with Crippen molar-refractivity contribution in [2.24, 2.45) is 5.73 Å². The van der Waals surface area contributed by atoms with E-state index in [1.807, 2.05) is 6.07 Å². The maximum Gasteiger partial charge on any atom is 0.408 e. The normalized spacial score (nSPS) is 15.4. The van der Waals surface area contributed by atoms with E-state index < -0.39 is 30.2 Å². The molecule has 2 aromatic carbocycles. The minimum absolute atomic E-state index is 0.00784. The molecule has 1 fully saturated rings. The summed E-state index contributed by atoms with van der Waals surface area (Å²) in [5, 5.41) is 14.9. The summed E-state index contributed by atoms with van der Waals surface area (Å²) in [6.45, 7) is 1.83. The zero-order chi connectivity index (χ0) is 26.8. The number of amides is 4. The van der Waals surface area contributed by atoms with Crippen molar-refractivity contribution in [2.45, 2.75) is 32.0 Å². The zero-order valence-electron chi connectivity index (χ0n) is 20.4. The number of anilines is 1. The molecule has 2 unspecified atom stereocenters. The lowest BCUT2D eigenvalue weighted by Gasteiger charge is -2.19. The number of nitrogens with one attached hydrogen (secondary N) is 4. The maximum absolute atomic E-state index is 12.8. The van der Waals surface area contributed by atoms with Gasteiger partial charge < -0.3 is 36.1 Å². The van der Waals surface area contributed by atoms with Gasteiger partial charge in [-0.25, -0.2) is 14.4 Å². The van der Waals surface area contributed by atoms with Gasteiger partial charge in [0.05, 0.1) is 13.2 Å². The summed E-state index contributed by atoms with van der Waals surface area (Å²) in [7, 11) is 0. The smallest absolute Gasteiger partial charge is 0.408 e. The van der Waals surface area contributed by atoms with Crippen molar-refractivity contribution in [3.05, 3.63) is 65.7 Å². The second-order valence-electron chi connectivity index (χ2n) is 8.16. The predicted octanol–water partition coefficient (Wildman–Crippen LogP) is 1.23. The highest BCUT2D eigenvalue weighted by atomic mass is 16.6. The fourth-order valence-corrected chi connectivity index (χ4v) is 3.64. The molecule has 0 aromatic heterocycles. The van der Waals surface area contributed by atoms with E-state index in [1.54, 1.807) is 55.5 Å². The maximum atomic E-state index is 12.8. The first kappa shape index (κ1) is 27.0. The molecule has 2 aromatic rings. The molecular formula is C25H30N6O6. The van der Waals surface area contributed by atoms with E-state index in [0.717, 1.165) is 5.56 Å². The molecule has 1 saturated heterocycles. The van der Waals surface area contributed by atoms with Crippen molar-refractivity contribution in [2.75, 3.05) is 24.6 Å². The Hall–Kier alpha value is -4.61. The van der Waals surface area contributed by atoms with Crippen molar-refractivity contribution in [1.82, 2.24) is 16.0 Å². The number of hydrogen-bond donors (Lipinski definition) is 5. The lowest BCUT2D eigenvalue weighted by atomic mass is 10.2. The number of ether oxygens (including phenoxy) is 2. The lowest BCUT2D eigenvalue weighted by molar-refractivity contribution is -0.145. The average Bonchev–Trinajstić information content (AvgIpc) is 3.25. The predicted molar refractivity (Wildman–Crippen MR) is 135 cm³/mol. The van der Waals surface area contributed by atoms with Crippen molar-refractivity contribution in [3.8, 4) is 0 Å². The molecule has 6 N–H and O–H groups in total. The minimum Gasteiger partial charge on any atom is -0.464 e. The SMILES string of the molecule is CCOC(=O)C(CNC(=O)NC1CCN(c2ccc(C(=N)N)cc2)C1=O)NC(=O)OCc1ccccc1. The summed E-state index contributed by atoms with van der Waals surface area (Å²) in [5.41, 5.74) is 7.40. The lowest BCUT2D eigenvalue weighted by Crippen LogP contribution is -2.53. The third kappa shape index (κ3) is 7.69. The van der Waals surface area contributed by atoms with Crippen molar-refractivity contribution < 1.29 is 28.7 Å². The fraction of sp³-hybridized carbons (Fsp3) is 0.320. The van der Waals surface area contributed by atoms with E-state index in [1.165, 1.54) is 4.90 Å². The van der Waals surface area contributed by atoms with Gasteiger partial charge in [0.1, 0.15) is 24.5 Å². The van der Waals surface area contributed by atoms with Crippen LogP contribution in [0.1, 0.15) is 24.5 Å². The molecular weight excluding hydrogens is 480 g/mol. The van der Waals surface area contributed by atoms with E-state index in [-0.39, 0.29) is 31.5 Å². The number of amidine groups is 1. The largest absolute Gasteiger partial charge is 0.464 e. The molecule has 196 valence electrons. The molecule has 0 saturated carbocycles. The van der Waals surface area contributed by atoms with E-state index in [0.29, 0.717) is 24.2 Å². The van der Waals surface area contributed by atoms with Crippen molar-refractivity contribution >= 4 is 35.5 Å². The van der Waals surface area contributed by atoms with Crippen molar-refractivity contribution in [1.29, 1.82) is 5.41 Å². The number of alkyl carbamates (subject to hydrolysis) is 1. The number of esters is 1. The molecule has 0 radical (unpaired) electrons. The Morgan fingerprint density at radius 2 is 1.81 bits per heavy atom. The summed E-state index contributed by atoms with van der Waals surface area (Å²) < 4.78 is 10.1. The van der Waals surface area contributed by atoms with Crippen LogP contribution in [0.5, 0.6) is 0 Å². The third-order valence-electron chi connectivity index (χ3n) is 5.54. The first-order valence-electron chi connectivity index (χ1n) is 11.7. The Bertz CT molecular complexity index is 1120. The quantitative estimate of drug-likeness (QED) is 0.181. The highest BCUT2D eigenvalue weighted by Crippen LogP contribution is 2.22. The average molecular weight is 511 g/mol. The molecule has 1 aliphatic heterocycles. The van der Waals surface area contributed by atoms with Gasteiger partial charge in [-0.1, -0.05) is 30.3 Å². The molecule has 0 aliphatic carbocycles. The van der Waals surface area contributed by atoms with Gasteiger partial charge in [0.25, 0.3) is 0 Å². The minimum atomic E-state index is -1.19. The van der Waals surface area contributed by atoms with E-state index in [9.17, 15) is 19.2 Å². The second-order valence-corrected chi connectivity index (χ2v) is 8.16. The molecule has 37 heavy (non-hydrogen) atoms. The second kappa shape index (κ2) is 12.9. The Labute approximate surface area is 214 Å². The number of nitrogens with zero attached hydrogens (tertiary/aromatic N) is 1. The number of urea groups is 1. The number of rotatable bonds is 10. The van der Waals surface area contributed by atoms with E-state index >= 15 is 0 Å². The summed E-state index contributed by atoms with van der Waals surface area (Å²) in [4.78, 5) is 51.3. The van der Waals surface area contributed by atoms with Gasteiger partial charge in [-0.05, 0) is 43.2 Å². The first-order chi connectivity index (χ1) is 17.8. The number of nitrogens with two attached hydrogens (primary N) is 1. The Morgan fingerprint density at radius 3 is 2.46 bits per heavy atom. The summed E-state index contributed by atoms with van der Waals surface area (Å²) >= 11 is 0. The number of nitrogen functional groups attached to an aromatic ring is 1. The summed E-state index contributed by atoms with van der Waals surface area (Å²) in [6, 6.07) is 13.0. The number of hydrogen-bond acceptors (Lipinski definition) is 7. The van der Waals surface area contributed by atoms with Crippen LogP contribution >= 0.6 is 0 Å². The molecule has 2 atom stereocenters. The van der Waals surface area contributed by atoms with E-state index in [4.69, 9.17) is 20.6 Å². The van der Waals surface area contributed by atoms with Gasteiger partial charge >= 0.3 is 18.1 Å². The highest BCUT2D eigenvalue weighted by Gasteiger charge is 2.34. The Morgan fingerprint density at radius 1 is 1.11 bits per heavy atom. The monoisotopic (exact) mass is 510 g/mol. The molecule has 0 spiro atoms. The van der Waals surface area contributed by atoms with Crippen LogP contribution < -0.4 is 26.6 Å². The van der Waals surface area contributed by atoms with Gasteiger partial charge in [-0.2, -0.15) is 0 Å². The van der Waals surface area contributed by atoms with Crippen LogP contribution in [0.2, 0.25) is 0 Å². The van der Waals surface area contributed by atoms with Gasteiger partial charge in [0.2, 0.25) is 5.91 Å². The molecule has 12 nitrogen and oxygen atoms in total. The van der Waals surface area contributed by atoms with Crippen LogP contribution in [-0.4, -0.2) is 61.6 Å². The van der Waals surface area contributed by atoms with Crippen LogP contribution in [0.15, 0.2) is 54.6 Å². The Balaban J connectivity index is 1.50. The van der Waals surface area contributed by atoms with Gasteiger partial charge in [-0.3, -0.25) is 10.2 Å². The molecule has 12 heteroatoms. The van der Waals surface area contributed by atoms with Gasteiger partial charge in [-0.15, -0.1) is 0 Å². The molecule has 0 bridgehead atoms.